The van der Waals surface area contributed by atoms with E-state index in [1.807, 2.05) is 0 Å². The number of primary amides is 1. The molecular formula is C27H32N4O8. The Morgan fingerprint density at radius 2 is 1.85 bits per heavy atom. The summed E-state index contributed by atoms with van der Waals surface area (Å²) in [7, 11) is 3.10. The average Bonchev–Trinajstić information content (AvgIpc) is 2.82. The molecule has 4 aliphatic rings. The molecule has 0 bridgehead atoms. The third-order valence-electron chi connectivity index (χ3n) is 8.50. The Morgan fingerprint density at radius 1 is 1.15 bits per heavy atom. The lowest BCUT2D eigenvalue weighted by Crippen LogP contribution is -2.65. The normalized spacial score (nSPS) is 28.5. The number of phenols is 1. The molecule has 0 saturated heterocycles. The van der Waals surface area contributed by atoms with Crippen molar-refractivity contribution in [1.29, 1.82) is 0 Å². The van der Waals surface area contributed by atoms with Crippen LogP contribution in [-0.2, 0) is 25.6 Å². The number of carbonyl (C=O) groups is 4. The molecule has 2 fully saturated rings. The predicted octanol–water partition coefficient (Wildman–Crippen LogP) is 0.0446. The van der Waals surface area contributed by atoms with Gasteiger partial charge >= 0.3 is 0 Å². The minimum atomic E-state index is -2.68. The number of nitrogens with two attached hydrogens (primary N) is 1. The number of fused-ring (bicyclic) bond motifs is 3. The summed E-state index contributed by atoms with van der Waals surface area (Å²) < 4.78 is 0. The molecule has 5 rings (SSSR count). The number of phenolic OH excluding ortho intramolecular Hbond substituents is 1. The van der Waals surface area contributed by atoms with E-state index < -0.39 is 58.0 Å². The zero-order chi connectivity index (χ0) is 28.4. The van der Waals surface area contributed by atoms with Crippen molar-refractivity contribution in [2.45, 2.75) is 49.8 Å². The molecule has 0 radical (unpaired) electrons. The lowest BCUT2D eigenvalue weighted by molar-refractivity contribution is -0.153. The van der Waals surface area contributed by atoms with Gasteiger partial charge in [0.05, 0.1) is 23.8 Å². The van der Waals surface area contributed by atoms with E-state index in [1.165, 1.54) is 4.90 Å². The van der Waals surface area contributed by atoms with Gasteiger partial charge in [-0.05, 0) is 63.7 Å². The van der Waals surface area contributed by atoms with Gasteiger partial charge < -0.3 is 36.8 Å². The Labute approximate surface area is 224 Å². The Kier molecular flexibility index (Phi) is 6.42. The van der Waals surface area contributed by atoms with Gasteiger partial charge in [-0.1, -0.05) is 6.07 Å². The fraction of sp³-hybridized carbons (Fsp3) is 0.481. The van der Waals surface area contributed by atoms with E-state index in [0.717, 1.165) is 19.3 Å². The quantitative estimate of drug-likeness (QED) is 0.191. The first kappa shape index (κ1) is 26.7. The first-order chi connectivity index (χ1) is 18.4. The summed E-state index contributed by atoms with van der Waals surface area (Å²) in [6.07, 6.45) is 3.14. The molecule has 2 saturated carbocycles. The van der Waals surface area contributed by atoms with Gasteiger partial charge in [-0.25, -0.2) is 0 Å². The smallest absolute Gasteiger partial charge is 0.255 e. The summed E-state index contributed by atoms with van der Waals surface area (Å²) in [5.41, 5.74) is 2.23. The molecule has 0 spiro atoms. The van der Waals surface area contributed by atoms with Crippen LogP contribution in [0.2, 0.25) is 0 Å². The van der Waals surface area contributed by atoms with Crippen molar-refractivity contribution in [2.75, 3.05) is 26.0 Å². The third kappa shape index (κ3) is 3.97. The molecule has 39 heavy (non-hydrogen) atoms. The van der Waals surface area contributed by atoms with Crippen LogP contribution in [0.5, 0.6) is 5.75 Å². The zero-order valence-corrected chi connectivity index (χ0v) is 21.7. The van der Waals surface area contributed by atoms with Crippen molar-refractivity contribution < 1.29 is 39.6 Å². The number of ketones is 2. The number of nitrogens with one attached hydrogen (secondary N) is 2. The fourth-order valence-electron chi connectivity index (χ4n) is 6.37. The molecule has 0 heterocycles. The number of likely N-dealkylation sites (N-methyl/N-ethyl adjacent to an activating group) is 1. The number of anilines is 1. The number of nitrogens with zero attached hydrogens (tertiary/aromatic N) is 1. The number of amides is 2. The van der Waals surface area contributed by atoms with Gasteiger partial charge in [0.15, 0.2) is 11.4 Å². The van der Waals surface area contributed by atoms with Crippen molar-refractivity contribution in [3.05, 3.63) is 40.2 Å². The summed E-state index contributed by atoms with van der Waals surface area (Å²) in [5, 5.41) is 50.5. The van der Waals surface area contributed by atoms with Gasteiger partial charge in [0.1, 0.15) is 22.8 Å². The molecule has 4 aliphatic carbocycles. The minimum absolute atomic E-state index is 0.0217. The van der Waals surface area contributed by atoms with Crippen LogP contribution >= 0.6 is 0 Å². The van der Waals surface area contributed by atoms with Gasteiger partial charge in [0, 0.05) is 17.5 Å². The zero-order valence-electron chi connectivity index (χ0n) is 21.7. The van der Waals surface area contributed by atoms with Crippen LogP contribution in [0.1, 0.15) is 36.8 Å². The van der Waals surface area contributed by atoms with Crippen molar-refractivity contribution >= 4 is 34.8 Å². The van der Waals surface area contributed by atoms with Gasteiger partial charge in [-0.15, -0.1) is 0 Å². The van der Waals surface area contributed by atoms with Gasteiger partial charge in [-0.2, -0.15) is 0 Å². The standard InChI is InChI=1S/C27H32N4O8/c1-31(2)20-14-9-12-8-11-6-7-15(29-10-16(32)30-13-4-3-5-13)21(33)17(11)22(34)18(12)24(36)27(14,39)25(37)19(23(20)35)26(28)38/h6-7,12-14,20,29,33-34,37,39H,3-5,8-10H2,1-2H3,(H2,28,38)(H,30,32)/t12?,14?,20-,27?/m0/s1. The first-order valence-corrected chi connectivity index (χ1v) is 12.9. The highest BCUT2D eigenvalue weighted by molar-refractivity contribution is 6.24. The van der Waals surface area contributed by atoms with Crippen LogP contribution in [0.15, 0.2) is 29.0 Å². The van der Waals surface area contributed by atoms with Gasteiger partial charge in [0.25, 0.3) is 5.91 Å². The first-order valence-electron chi connectivity index (χ1n) is 12.9. The number of Topliss-reactive ketones (excluding diaryl/α,β-unsaturated/α-hetero) is 2. The van der Waals surface area contributed by atoms with Crippen molar-refractivity contribution in [2.24, 2.45) is 17.6 Å². The van der Waals surface area contributed by atoms with Crippen molar-refractivity contribution in [1.82, 2.24) is 10.2 Å². The van der Waals surface area contributed by atoms with Crippen LogP contribution < -0.4 is 16.4 Å². The largest absolute Gasteiger partial charge is 0.508 e. The Morgan fingerprint density at radius 3 is 2.44 bits per heavy atom. The highest BCUT2D eigenvalue weighted by Crippen LogP contribution is 2.53. The molecule has 4 atom stereocenters. The summed E-state index contributed by atoms with van der Waals surface area (Å²) in [6.45, 7) is -0.113. The molecule has 0 aromatic heterocycles. The highest BCUT2D eigenvalue weighted by atomic mass is 16.3. The van der Waals surface area contributed by atoms with Crippen molar-refractivity contribution in [3.8, 4) is 5.75 Å². The third-order valence-corrected chi connectivity index (χ3v) is 8.50. The molecular weight excluding hydrogens is 508 g/mol. The maximum Gasteiger partial charge on any atom is 0.255 e. The Bertz CT molecular complexity index is 1360. The maximum atomic E-state index is 13.8. The van der Waals surface area contributed by atoms with E-state index in [2.05, 4.69) is 10.6 Å². The summed E-state index contributed by atoms with van der Waals surface area (Å²) >= 11 is 0. The second kappa shape index (κ2) is 9.38. The number of rotatable bonds is 6. The van der Waals surface area contributed by atoms with Crippen LogP contribution in [0, 0.1) is 11.8 Å². The van der Waals surface area contributed by atoms with E-state index in [0.29, 0.717) is 5.56 Å². The van der Waals surface area contributed by atoms with E-state index in [1.54, 1.807) is 26.2 Å². The Balaban J connectivity index is 1.53. The number of hydrogen-bond acceptors (Lipinski definition) is 10. The van der Waals surface area contributed by atoms with Gasteiger partial charge in [0.2, 0.25) is 11.7 Å². The lowest BCUT2D eigenvalue weighted by atomic mass is 9.57. The number of aliphatic hydroxyl groups excluding tert-OH is 2. The topological polar surface area (TPSA) is 203 Å². The van der Waals surface area contributed by atoms with E-state index >= 15 is 0 Å². The average molecular weight is 541 g/mol. The summed E-state index contributed by atoms with van der Waals surface area (Å²) in [5.74, 6) is -7.24. The molecule has 3 unspecified atom stereocenters. The monoisotopic (exact) mass is 540 g/mol. The molecule has 2 amide bonds. The summed E-state index contributed by atoms with van der Waals surface area (Å²) in [4.78, 5) is 52.7. The number of benzene rings is 1. The fourth-order valence-corrected chi connectivity index (χ4v) is 6.37. The summed E-state index contributed by atoms with van der Waals surface area (Å²) in [6, 6.07) is 2.26. The van der Waals surface area contributed by atoms with Crippen LogP contribution in [0.25, 0.3) is 5.76 Å². The number of aromatic hydroxyl groups is 1. The minimum Gasteiger partial charge on any atom is -0.508 e. The van der Waals surface area contributed by atoms with Crippen LogP contribution in [-0.4, -0.2) is 87.0 Å². The molecule has 208 valence electrons. The molecule has 0 aliphatic heterocycles. The van der Waals surface area contributed by atoms with E-state index in [-0.39, 0.29) is 53.9 Å². The molecule has 12 nitrogen and oxygen atoms in total. The van der Waals surface area contributed by atoms with Crippen LogP contribution in [0.4, 0.5) is 5.69 Å². The lowest BCUT2D eigenvalue weighted by Gasteiger charge is -2.50. The van der Waals surface area contributed by atoms with E-state index in [9.17, 15) is 39.6 Å². The SMILES string of the molecule is CN(C)[C@@H]1C(=O)C(C(N)=O)=C(O)C2(O)C(=O)C3=C(O)c4c(ccc(NCC(=O)NC5CCC5)c4O)CC3CC12. The predicted molar refractivity (Wildman–Crippen MR) is 139 cm³/mol. The highest BCUT2D eigenvalue weighted by Gasteiger charge is 2.64. The Hall–Kier alpha value is -3.90. The molecule has 1 aromatic rings. The number of aliphatic hydroxyl groups is 3. The van der Waals surface area contributed by atoms with E-state index in [4.69, 9.17) is 5.73 Å². The molecule has 8 N–H and O–H groups in total. The van der Waals surface area contributed by atoms with Crippen molar-refractivity contribution in [3.63, 3.8) is 0 Å². The van der Waals surface area contributed by atoms with Gasteiger partial charge in [-0.3, -0.25) is 24.1 Å². The van der Waals surface area contributed by atoms with Crippen LogP contribution in [0.3, 0.4) is 0 Å². The molecule has 1 aromatic carbocycles. The maximum absolute atomic E-state index is 13.8. The second-order valence-electron chi connectivity index (χ2n) is 11.0. The number of carbonyl (C=O) groups excluding carboxylic acids is 4. The number of hydrogen-bond donors (Lipinski definition) is 7. The molecule has 12 heteroatoms. The second-order valence-corrected chi connectivity index (χ2v) is 11.0.